The summed E-state index contributed by atoms with van der Waals surface area (Å²) < 4.78 is 5.18. The number of hydrogen-bond donors (Lipinski definition) is 1. The van der Waals surface area contributed by atoms with E-state index in [-0.39, 0.29) is 17.0 Å². The van der Waals surface area contributed by atoms with Crippen molar-refractivity contribution in [3.05, 3.63) is 0 Å². The van der Waals surface area contributed by atoms with Crippen LogP contribution in [-0.4, -0.2) is 55.1 Å². The second-order valence-corrected chi connectivity index (χ2v) is 6.33. The summed E-state index contributed by atoms with van der Waals surface area (Å²) in [4.78, 5) is 19.8. The van der Waals surface area contributed by atoms with Gasteiger partial charge in [0.2, 0.25) is 0 Å². The number of esters is 1. The van der Waals surface area contributed by atoms with Gasteiger partial charge in [-0.3, -0.25) is 4.79 Å². The highest BCUT2D eigenvalue weighted by molar-refractivity contribution is 5.85. The van der Waals surface area contributed by atoms with Gasteiger partial charge < -0.3 is 19.8 Å². The van der Waals surface area contributed by atoms with E-state index in [9.17, 15) is 4.79 Å². The second-order valence-electron chi connectivity index (χ2n) is 6.33. The Morgan fingerprint density at radius 2 is 2.15 bits per heavy atom. The van der Waals surface area contributed by atoms with Gasteiger partial charge in [0.05, 0.1) is 18.4 Å². The summed E-state index contributed by atoms with van der Waals surface area (Å²) in [7, 11) is 0. The van der Waals surface area contributed by atoms with Crippen LogP contribution in [0.3, 0.4) is 0 Å². The van der Waals surface area contributed by atoms with E-state index < -0.39 is 0 Å². The van der Waals surface area contributed by atoms with Crippen LogP contribution in [0.25, 0.3) is 0 Å². The van der Waals surface area contributed by atoms with Gasteiger partial charge in [-0.25, -0.2) is 0 Å². The summed E-state index contributed by atoms with van der Waals surface area (Å²) in [6.07, 6.45) is 2.52. The van der Waals surface area contributed by atoms with Gasteiger partial charge in [-0.05, 0) is 26.7 Å². The van der Waals surface area contributed by atoms with Gasteiger partial charge in [-0.2, -0.15) is 0 Å². The fourth-order valence-electron chi connectivity index (χ4n) is 3.03. The topological polar surface area (TPSA) is 63.2 Å². The minimum absolute atomic E-state index is 0.0658. The molecular formula is C14H23N3O3. The Kier molecular flexibility index (Phi) is 3.36. The van der Waals surface area contributed by atoms with Gasteiger partial charge in [0.1, 0.15) is 5.84 Å². The fraction of sp³-hybridized carbons (Fsp3) is 0.857. The summed E-state index contributed by atoms with van der Waals surface area (Å²) in [5, 5.41) is 7.48. The van der Waals surface area contributed by atoms with Crippen LogP contribution in [0.4, 0.5) is 0 Å². The van der Waals surface area contributed by atoms with Crippen molar-refractivity contribution in [3.63, 3.8) is 0 Å². The smallest absolute Gasteiger partial charge is 0.311 e. The molecule has 0 aromatic carbocycles. The standard InChI is InChI=1S/C14H23N3O3/c1-3-19-12(18)13(2)4-6-17(7-5-13)11-8-14(20-16-11)9-15-10-14/h15H,3-10H2,1-2H3. The van der Waals surface area contributed by atoms with Gasteiger partial charge >= 0.3 is 5.97 Å². The van der Waals surface area contributed by atoms with Gasteiger partial charge in [0, 0.05) is 26.2 Å². The van der Waals surface area contributed by atoms with E-state index in [0.717, 1.165) is 51.3 Å². The maximum Gasteiger partial charge on any atom is 0.311 e. The van der Waals surface area contributed by atoms with Crippen LogP contribution in [0, 0.1) is 5.41 Å². The molecule has 6 nitrogen and oxygen atoms in total. The summed E-state index contributed by atoms with van der Waals surface area (Å²) in [6, 6.07) is 0. The molecule has 3 heterocycles. The van der Waals surface area contributed by atoms with E-state index in [4.69, 9.17) is 9.57 Å². The highest BCUT2D eigenvalue weighted by Gasteiger charge is 2.47. The van der Waals surface area contributed by atoms with Gasteiger partial charge in [-0.15, -0.1) is 0 Å². The van der Waals surface area contributed by atoms with Gasteiger partial charge in [0.15, 0.2) is 5.60 Å². The normalized spacial score (nSPS) is 26.7. The first-order chi connectivity index (χ1) is 9.57. The van der Waals surface area contributed by atoms with Crippen molar-refractivity contribution in [2.45, 2.75) is 38.7 Å². The zero-order valence-electron chi connectivity index (χ0n) is 12.3. The molecule has 3 aliphatic heterocycles. The van der Waals surface area contributed by atoms with Crippen molar-refractivity contribution in [2.75, 3.05) is 32.8 Å². The summed E-state index contributed by atoms with van der Waals surface area (Å²) in [5.74, 6) is 0.973. The molecule has 2 saturated heterocycles. The molecule has 3 aliphatic rings. The van der Waals surface area contributed by atoms with Crippen molar-refractivity contribution in [1.82, 2.24) is 10.2 Å². The predicted molar refractivity (Wildman–Crippen MR) is 74.3 cm³/mol. The molecule has 3 rings (SSSR count). The van der Waals surface area contributed by atoms with E-state index in [2.05, 4.69) is 15.4 Å². The number of likely N-dealkylation sites (tertiary alicyclic amines) is 1. The molecule has 0 saturated carbocycles. The van der Waals surface area contributed by atoms with Crippen molar-refractivity contribution in [1.29, 1.82) is 0 Å². The number of oxime groups is 1. The third kappa shape index (κ3) is 2.26. The number of carbonyl (C=O) groups excluding carboxylic acids is 1. The molecule has 112 valence electrons. The third-order valence-corrected chi connectivity index (χ3v) is 4.72. The Hall–Kier alpha value is -1.30. The molecule has 0 aromatic heterocycles. The first-order valence-electron chi connectivity index (χ1n) is 7.45. The van der Waals surface area contributed by atoms with Crippen LogP contribution in [0.15, 0.2) is 5.16 Å². The molecule has 0 radical (unpaired) electrons. The second kappa shape index (κ2) is 4.91. The van der Waals surface area contributed by atoms with Crippen LogP contribution in [0.2, 0.25) is 0 Å². The quantitative estimate of drug-likeness (QED) is 0.756. The molecule has 20 heavy (non-hydrogen) atoms. The number of rotatable bonds is 2. The highest BCUT2D eigenvalue weighted by atomic mass is 16.7. The van der Waals surface area contributed by atoms with Crippen LogP contribution in [0.1, 0.15) is 33.1 Å². The maximum absolute atomic E-state index is 12.0. The van der Waals surface area contributed by atoms with Crippen molar-refractivity contribution >= 4 is 11.8 Å². The lowest BCUT2D eigenvalue weighted by atomic mass is 9.80. The molecule has 0 bridgehead atoms. The zero-order chi connectivity index (χ0) is 14.2. The van der Waals surface area contributed by atoms with Crippen molar-refractivity contribution in [3.8, 4) is 0 Å². The van der Waals surface area contributed by atoms with E-state index >= 15 is 0 Å². The SMILES string of the molecule is CCOC(=O)C1(C)CCN(C2=NOC3(CNC3)C2)CC1. The largest absolute Gasteiger partial charge is 0.466 e. The molecule has 0 aliphatic carbocycles. The summed E-state index contributed by atoms with van der Waals surface area (Å²) >= 11 is 0. The number of hydrogen-bond acceptors (Lipinski definition) is 6. The van der Waals surface area contributed by atoms with Crippen molar-refractivity contribution in [2.24, 2.45) is 10.6 Å². The Labute approximate surface area is 119 Å². The summed E-state index contributed by atoms with van der Waals surface area (Å²) in [5.41, 5.74) is -0.431. The van der Waals surface area contributed by atoms with Gasteiger partial charge in [0.25, 0.3) is 0 Å². The lowest BCUT2D eigenvalue weighted by Crippen LogP contribution is -2.60. The number of ether oxygens (including phenoxy) is 1. The molecule has 0 aromatic rings. The molecule has 1 spiro atoms. The number of nitrogens with zero attached hydrogens (tertiary/aromatic N) is 2. The zero-order valence-corrected chi connectivity index (χ0v) is 12.3. The molecule has 6 heteroatoms. The molecular weight excluding hydrogens is 258 g/mol. The fourth-order valence-corrected chi connectivity index (χ4v) is 3.03. The number of piperidine rings is 1. The summed E-state index contributed by atoms with van der Waals surface area (Å²) in [6.45, 7) is 7.78. The predicted octanol–water partition coefficient (Wildman–Crippen LogP) is 0.727. The minimum Gasteiger partial charge on any atom is -0.466 e. The van der Waals surface area contributed by atoms with Crippen molar-refractivity contribution < 1.29 is 14.4 Å². The Balaban J connectivity index is 1.55. The average Bonchev–Trinajstić information content (AvgIpc) is 2.85. The van der Waals surface area contributed by atoms with E-state index in [1.165, 1.54) is 0 Å². The average molecular weight is 281 g/mol. The number of carbonyl (C=O) groups is 1. The van der Waals surface area contributed by atoms with E-state index in [1.807, 2.05) is 13.8 Å². The van der Waals surface area contributed by atoms with Gasteiger partial charge in [-0.1, -0.05) is 5.16 Å². The van der Waals surface area contributed by atoms with Crippen LogP contribution >= 0.6 is 0 Å². The Morgan fingerprint density at radius 1 is 1.45 bits per heavy atom. The first-order valence-corrected chi connectivity index (χ1v) is 7.45. The maximum atomic E-state index is 12.0. The lowest BCUT2D eigenvalue weighted by molar-refractivity contribution is -0.156. The number of nitrogens with one attached hydrogen (secondary N) is 1. The number of amidine groups is 1. The molecule has 0 unspecified atom stereocenters. The van der Waals surface area contributed by atoms with Crippen LogP contribution in [-0.2, 0) is 14.4 Å². The highest BCUT2D eigenvalue weighted by Crippen LogP contribution is 2.35. The minimum atomic E-state index is -0.345. The lowest BCUT2D eigenvalue weighted by Gasteiger charge is -2.39. The Morgan fingerprint density at radius 3 is 2.65 bits per heavy atom. The monoisotopic (exact) mass is 281 g/mol. The van der Waals surface area contributed by atoms with E-state index in [0.29, 0.717) is 6.61 Å². The third-order valence-electron chi connectivity index (χ3n) is 4.72. The molecule has 2 fully saturated rings. The van der Waals surface area contributed by atoms with Crippen LogP contribution < -0.4 is 5.32 Å². The Bertz CT molecular complexity index is 423. The molecule has 0 atom stereocenters. The van der Waals surface area contributed by atoms with E-state index in [1.54, 1.807) is 0 Å². The molecule has 1 N–H and O–H groups in total. The molecule has 0 amide bonds. The van der Waals surface area contributed by atoms with Crippen LogP contribution in [0.5, 0.6) is 0 Å². The first kappa shape index (κ1) is 13.7.